The van der Waals surface area contributed by atoms with Crippen molar-refractivity contribution in [2.45, 2.75) is 18.9 Å². The molecule has 0 saturated carbocycles. The Morgan fingerprint density at radius 3 is 2.56 bits per heavy atom. The highest BCUT2D eigenvalue weighted by Crippen LogP contribution is 2.20. The van der Waals surface area contributed by atoms with Crippen LogP contribution in [0, 0.1) is 5.82 Å². The number of aliphatic hydroxyl groups is 1. The van der Waals surface area contributed by atoms with Crippen molar-refractivity contribution >= 4 is 23.2 Å². The number of piperidine rings is 1. The molecule has 2 aromatic rings. The number of hydrogen-bond donors (Lipinski definition) is 3. The van der Waals surface area contributed by atoms with Crippen LogP contribution in [-0.4, -0.2) is 47.6 Å². The number of nitrogens with one attached hydrogen (secondary N) is 2. The average molecular weight is 371 g/mol. The minimum atomic E-state index is -0.509. The molecule has 1 fully saturated rings. The maximum atomic E-state index is 13.6. The van der Waals surface area contributed by atoms with Gasteiger partial charge in [-0.15, -0.1) is 0 Å². The number of likely N-dealkylation sites (tertiary alicyclic amines) is 1. The summed E-state index contributed by atoms with van der Waals surface area (Å²) in [6, 6.07) is 12.8. The number of aliphatic hydroxyl groups excluding tert-OH is 1. The number of anilines is 2. The second-order valence-corrected chi connectivity index (χ2v) is 6.47. The van der Waals surface area contributed by atoms with Crippen molar-refractivity contribution in [3.63, 3.8) is 0 Å². The largest absolute Gasteiger partial charge is 0.391 e. The van der Waals surface area contributed by atoms with Gasteiger partial charge in [0, 0.05) is 18.8 Å². The molecule has 1 aliphatic rings. The summed E-state index contributed by atoms with van der Waals surface area (Å²) in [5.74, 6) is -1.12. The zero-order valence-electron chi connectivity index (χ0n) is 14.8. The minimum absolute atomic E-state index is 0.107. The van der Waals surface area contributed by atoms with E-state index in [-0.39, 0.29) is 18.1 Å². The fourth-order valence-electron chi connectivity index (χ4n) is 3.07. The third-order valence-corrected chi connectivity index (χ3v) is 4.43. The van der Waals surface area contributed by atoms with Gasteiger partial charge >= 0.3 is 0 Å². The maximum Gasteiger partial charge on any atom is 0.256 e. The van der Waals surface area contributed by atoms with Gasteiger partial charge in [0.15, 0.2) is 0 Å². The summed E-state index contributed by atoms with van der Waals surface area (Å²) < 4.78 is 13.6. The molecule has 0 aliphatic carbocycles. The molecule has 142 valence electrons. The third-order valence-electron chi connectivity index (χ3n) is 4.43. The fraction of sp³-hybridized carbons (Fsp3) is 0.300. The highest BCUT2D eigenvalue weighted by Gasteiger charge is 2.24. The Balaban J connectivity index is 1.64. The van der Waals surface area contributed by atoms with E-state index >= 15 is 0 Å². The molecule has 27 heavy (non-hydrogen) atoms. The molecule has 1 aliphatic heterocycles. The van der Waals surface area contributed by atoms with Gasteiger partial charge < -0.3 is 20.6 Å². The van der Waals surface area contributed by atoms with Crippen molar-refractivity contribution < 1.29 is 19.1 Å². The van der Waals surface area contributed by atoms with E-state index in [0.29, 0.717) is 30.8 Å². The van der Waals surface area contributed by atoms with E-state index in [2.05, 4.69) is 10.6 Å². The Morgan fingerprint density at radius 1 is 1.11 bits per heavy atom. The van der Waals surface area contributed by atoms with Crippen LogP contribution < -0.4 is 10.6 Å². The van der Waals surface area contributed by atoms with Gasteiger partial charge in [0.25, 0.3) is 5.91 Å². The molecule has 1 unspecified atom stereocenters. The topological polar surface area (TPSA) is 81.7 Å². The Morgan fingerprint density at radius 2 is 1.81 bits per heavy atom. The summed E-state index contributed by atoms with van der Waals surface area (Å²) in [4.78, 5) is 26.5. The molecule has 0 bridgehead atoms. The molecule has 1 saturated heterocycles. The number of para-hydroxylation sites is 2. The smallest absolute Gasteiger partial charge is 0.256 e. The molecule has 0 radical (unpaired) electrons. The van der Waals surface area contributed by atoms with Crippen molar-refractivity contribution in [1.29, 1.82) is 0 Å². The van der Waals surface area contributed by atoms with E-state index < -0.39 is 17.8 Å². The fourth-order valence-corrected chi connectivity index (χ4v) is 3.07. The summed E-state index contributed by atoms with van der Waals surface area (Å²) in [5.41, 5.74) is 1.06. The zero-order chi connectivity index (χ0) is 19.2. The molecule has 0 spiro atoms. The Bertz CT molecular complexity index is 828. The van der Waals surface area contributed by atoms with Crippen LogP contribution >= 0.6 is 0 Å². The number of rotatable bonds is 5. The summed E-state index contributed by atoms with van der Waals surface area (Å²) in [7, 11) is 0. The zero-order valence-corrected chi connectivity index (χ0v) is 14.8. The van der Waals surface area contributed by atoms with Gasteiger partial charge in [-0.05, 0) is 37.1 Å². The van der Waals surface area contributed by atoms with Crippen LogP contribution in [0.15, 0.2) is 48.5 Å². The van der Waals surface area contributed by atoms with E-state index in [4.69, 9.17) is 0 Å². The number of β-amino-alcohol motifs (C(OH)–C–C–N with tert-alkyl or cyclic N) is 1. The normalized spacial score (nSPS) is 16.7. The van der Waals surface area contributed by atoms with Gasteiger partial charge in [-0.3, -0.25) is 9.59 Å². The van der Waals surface area contributed by atoms with Crippen molar-refractivity contribution in [3.05, 3.63) is 59.9 Å². The molecule has 6 nitrogen and oxygen atoms in total. The van der Waals surface area contributed by atoms with E-state index in [1.807, 2.05) is 0 Å². The van der Waals surface area contributed by atoms with Gasteiger partial charge in [-0.25, -0.2) is 4.39 Å². The summed E-state index contributed by atoms with van der Waals surface area (Å²) in [6.45, 7) is 0.792. The quantitative estimate of drug-likeness (QED) is 0.754. The predicted octanol–water partition coefficient (Wildman–Crippen LogP) is 2.47. The number of benzene rings is 2. The maximum absolute atomic E-state index is 13.6. The SMILES string of the molecule is O=C(CNc1ccccc1C(=O)N1CCCC(O)C1)Nc1ccccc1F. The molecule has 0 aromatic heterocycles. The Hall–Kier alpha value is -2.93. The van der Waals surface area contributed by atoms with Crippen LogP contribution in [0.4, 0.5) is 15.8 Å². The lowest BCUT2D eigenvalue weighted by molar-refractivity contribution is -0.114. The molecular weight excluding hydrogens is 349 g/mol. The van der Waals surface area contributed by atoms with Crippen LogP contribution in [0.3, 0.4) is 0 Å². The molecular formula is C20H22FN3O3. The van der Waals surface area contributed by atoms with Crippen molar-refractivity contribution in [1.82, 2.24) is 4.90 Å². The second kappa shape index (κ2) is 8.64. The molecule has 2 amide bonds. The molecule has 2 aromatic carbocycles. The van der Waals surface area contributed by atoms with E-state index in [1.165, 1.54) is 12.1 Å². The van der Waals surface area contributed by atoms with Crippen LogP contribution in [0.5, 0.6) is 0 Å². The van der Waals surface area contributed by atoms with Gasteiger partial charge in [0.05, 0.1) is 23.9 Å². The number of carbonyl (C=O) groups excluding carboxylic acids is 2. The Kier molecular flexibility index (Phi) is 6.03. The number of hydrogen-bond acceptors (Lipinski definition) is 4. The van der Waals surface area contributed by atoms with E-state index in [0.717, 1.165) is 6.42 Å². The first-order chi connectivity index (χ1) is 13.0. The van der Waals surface area contributed by atoms with Gasteiger partial charge in [0.1, 0.15) is 5.82 Å². The summed E-state index contributed by atoms with van der Waals surface area (Å²) in [5, 5.41) is 15.2. The summed E-state index contributed by atoms with van der Waals surface area (Å²) >= 11 is 0. The van der Waals surface area contributed by atoms with Crippen molar-refractivity contribution in [3.8, 4) is 0 Å². The van der Waals surface area contributed by atoms with Crippen LogP contribution in [-0.2, 0) is 4.79 Å². The number of amides is 2. The van der Waals surface area contributed by atoms with E-state index in [9.17, 15) is 19.1 Å². The third kappa shape index (κ3) is 4.83. The van der Waals surface area contributed by atoms with Gasteiger partial charge in [-0.2, -0.15) is 0 Å². The first-order valence-electron chi connectivity index (χ1n) is 8.89. The van der Waals surface area contributed by atoms with Gasteiger partial charge in [-0.1, -0.05) is 24.3 Å². The monoisotopic (exact) mass is 371 g/mol. The van der Waals surface area contributed by atoms with E-state index in [1.54, 1.807) is 41.3 Å². The molecule has 3 rings (SSSR count). The molecule has 3 N–H and O–H groups in total. The summed E-state index contributed by atoms with van der Waals surface area (Å²) in [6.07, 6.45) is 0.947. The van der Waals surface area contributed by atoms with Crippen LogP contribution in [0.2, 0.25) is 0 Å². The van der Waals surface area contributed by atoms with Crippen molar-refractivity contribution in [2.24, 2.45) is 0 Å². The molecule has 1 heterocycles. The van der Waals surface area contributed by atoms with Crippen LogP contribution in [0.1, 0.15) is 23.2 Å². The number of carbonyl (C=O) groups is 2. The lowest BCUT2D eigenvalue weighted by Crippen LogP contribution is -2.42. The van der Waals surface area contributed by atoms with Crippen LogP contribution in [0.25, 0.3) is 0 Å². The molecule has 7 heteroatoms. The first kappa shape index (κ1) is 18.8. The second-order valence-electron chi connectivity index (χ2n) is 6.47. The number of nitrogens with zero attached hydrogens (tertiary/aromatic N) is 1. The first-order valence-corrected chi connectivity index (χ1v) is 8.89. The highest BCUT2D eigenvalue weighted by molar-refractivity contribution is 6.01. The molecule has 1 atom stereocenters. The van der Waals surface area contributed by atoms with Crippen molar-refractivity contribution in [2.75, 3.05) is 30.3 Å². The average Bonchev–Trinajstić information content (AvgIpc) is 2.68. The number of halogens is 1. The highest BCUT2D eigenvalue weighted by atomic mass is 19.1. The minimum Gasteiger partial charge on any atom is -0.391 e. The lowest BCUT2D eigenvalue weighted by Gasteiger charge is -2.30. The predicted molar refractivity (Wildman–Crippen MR) is 101 cm³/mol. The lowest BCUT2D eigenvalue weighted by atomic mass is 10.1. The Labute approximate surface area is 157 Å². The standard InChI is InChI=1S/C20H22FN3O3/c21-16-8-2-4-10-18(16)23-19(26)12-22-17-9-3-1-7-15(17)20(27)24-11-5-6-14(25)13-24/h1-4,7-10,14,22,25H,5-6,11-13H2,(H,23,26). The van der Waals surface area contributed by atoms with Gasteiger partial charge in [0.2, 0.25) is 5.91 Å².